The van der Waals surface area contributed by atoms with Crippen molar-refractivity contribution in [3.05, 3.63) is 46.9 Å². The molecule has 18 heavy (non-hydrogen) atoms. The molecule has 0 fully saturated rings. The second-order valence-electron chi connectivity index (χ2n) is 3.75. The fraction of sp³-hybridized carbons (Fsp3) is 0.167. The lowest BCUT2D eigenvalue weighted by Gasteiger charge is -2.09. The highest BCUT2D eigenvalue weighted by Gasteiger charge is 2.32. The van der Waals surface area contributed by atoms with Crippen LogP contribution in [0.15, 0.2) is 30.6 Å². The Balaban J connectivity index is 2.55. The topological polar surface area (TPSA) is 25.8 Å². The van der Waals surface area contributed by atoms with Gasteiger partial charge in [0.2, 0.25) is 0 Å². The summed E-state index contributed by atoms with van der Waals surface area (Å²) >= 11 is 5.83. The van der Waals surface area contributed by atoms with Gasteiger partial charge >= 0.3 is 6.18 Å². The molecule has 2 aromatic rings. The van der Waals surface area contributed by atoms with Gasteiger partial charge in [-0.15, -0.1) is 0 Å². The molecular weight excluding hydrogens is 265 g/mol. The van der Waals surface area contributed by atoms with Gasteiger partial charge in [0.05, 0.1) is 5.69 Å². The smallest absolute Gasteiger partial charge is 0.236 e. The summed E-state index contributed by atoms with van der Waals surface area (Å²) in [4.78, 5) is 7.07. The molecule has 0 amide bonds. The number of hydrogen-bond donors (Lipinski definition) is 0. The predicted octanol–water partition coefficient (Wildman–Crippen LogP) is 4.12. The average molecular weight is 273 g/mol. The minimum Gasteiger partial charge on any atom is -0.236 e. The Labute approximate surface area is 106 Å². The van der Waals surface area contributed by atoms with Crippen molar-refractivity contribution in [3.8, 4) is 11.3 Å². The van der Waals surface area contributed by atoms with Crippen LogP contribution in [0.3, 0.4) is 0 Å². The molecule has 0 spiro atoms. The molecule has 1 aromatic carbocycles. The molecule has 0 radical (unpaired) electrons. The summed E-state index contributed by atoms with van der Waals surface area (Å²) in [5, 5.41) is 0.447. The Morgan fingerprint density at radius 1 is 1.11 bits per heavy atom. The van der Waals surface area contributed by atoms with Crippen LogP contribution in [0.2, 0.25) is 5.02 Å². The Bertz CT molecular complexity index is 582. The summed E-state index contributed by atoms with van der Waals surface area (Å²) < 4.78 is 37.6. The highest BCUT2D eigenvalue weighted by molar-refractivity contribution is 6.30. The van der Waals surface area contributed by atoms with Gasteiger partial charge < -0.3 is 0 Å². The highest BCUT2D eigenvalue weighted by Crippen LogP contribution is 2.31. The standard InChI is InChI=1S/C12H8ClF3N2/c1-7-2-3-8(13)4-9(7)10-5-11(12(14,15)16)18-6-17-10/h2-6H,1H3. The Hall–Kier alpha value is -1.62. The second-order valence-corrected chi connectivity index (χ2v) is 4.18. The lowest BCUT2D eigenvalue weighted by Crippen LogP contribution is -2.08. The minimum absolute atomic E-state index is 0.206. The summed E-state index contributed by atoms with van der Waals surface area (Å²) in [5.74, 6) is 0. The largest absolute Gasteiger partial charge is 0.433 e. The molecular formula is C12H8ClF3N2. The quantitative estimate of drug-likeness (QED) is 0.780. The van der Waals surface area contributed by atoms with Crippen LogP contribution >= 0.6 is 11.6 Å². The molecule has 0 saturated heterocycles. The molecule has 0 unspecified atom stereocenters. The Morgan fingerprint density at radius 3 is 2.50 bits per heavy atom. The monoisotopic (exact) mass is 272 g/mol. The molecule has 6 heteroatoms. The maximum Gasteiger partial charge on any atom is 0.433 e. The third kappa shape index (κ3) is 2.61. The predicted molar refractivity (Wildman–Crippen MR) is 62.2 cm³/mol. The summed E-state index contributed by atoms with van der Waals surface area (Å²) in [7, 11) is 0. The second kappa shape index (κ2) is 4.57. The molecule has 0 atom stereocenters. The fourth-order valence-electron chi connectivity index (χ4n) is 1.53. The van der Waals surface area contributed by atoms with E-state index >= 15 is 0 Å². The van der Waals surface area contributed by atoms with E-state index in [-0.39, 0.29) is 5.69 Å². The zero-order valence-corrected chi connectivity index (χ0v) is 10.0. The van der Waals surface area contributed by atoms with Gasteiger partial charge in [0.1, 0.15) is 12.0 Å². The number of halogens is 4. The summed E-state index contributed by atoms with van der Waals surface area (Å²) in [6, 6.07) is 5.90. The Morgan fingerprint density at radius 2 is 1.83 bits per heavy atom. The number of nitrogens with zero attached hydrogens (tertiary/aromatic N) is 2. The molecule has 1 heterocycles. The van der Waals surface area contributed by atoms with Gasteiger partial charge in [-0.3, -0.25) is 0 Å². The van der Waals surface area contributed by atoms with E-state index in [9.17, 15) is 13.2 Å². The first kappa shape index (κ1) is 12.8. The fourth-order valence-corrected chi connectivity index (χ4v) is 1.70. The zero-order valence-electron chi connectivity index (χ0n) is 9.29. The number of hydrogen-bond acceptors (Lipinski definition) is 2. The van der Waals surface area contributed by atoms with Crippen molar-refractivity contribution in [2.75, 3.05) is 0 Å². The van der Waals surface area contributed by atoms with Crippen molar-refractivity contribution in [2.24, 2.45) is 0 Å². The van der Waals surface area contributed by atoms with E-state index in [1.165, 1.54) is 0 Å². The van der Waals surface area contributed by atoms with Gasteiger partial charge in [-0.2, -0.15) is 13.2 Å². The first-order chi connectivity index (χ1) is 8.38. The van der Waals surface area contributed by atoms with E-state index in [4.69, 9.17) is 11.6 Å². The summed E-state index contributed by atoms with van der Waals surface area (Å²) in [5.41, 5.74) is 0.603. The lowest BCUT2D eigenvalue weighted by molar-refractivity contribution is -0.141. The van der Waals surface area contributed by atoms with Crippen LogP contribution in [0.1, 0.15) is 11.3 Å². The first-order valence-corrected chi connectivity index (χ1v) is 5.41. The van der Waals surface area contributed by atoms with E-state index in [1.807, 2.05) is 0 Å². The van der Waals surface area contributed by atoms with Gasteiger partial charge in [-0.1, -0.05) is 17.7 Å². The van der Waals surface area contributed by atoms with Gasteiger partial charge in [-0.05, 0) is 30.7 Å². The van der Waals surface area contributed by atoms with Gasteiger partial charge in [-0.25, -0.2) is 9.97 Å². The molecule has 0 aliphatic carbocycles. The molecule has 1 aromatic heterocycles. The van der Waals surface area contributed by atoms with Crippen molar-refractivity contribution < 1.29 is 13.2 Å². The van der Waals surface area contributed by atoms with Crippen molar-refractivity contribution in [2.45, 2.75) is 13.1 Å². The zero-order chi connectivity index (χ0) is 13.3. The number of rotatable bonds is 1. The van der Waals surface area contributed by atoms with Crippen LogP contribution < -0.4 is 0 Å². The lowest BCUT2D eigenvalue weighted by atomic mass is 10.1. The maximum absolute atomic E-state index is 12.5. The van der Waals surface area contributed by atoms with Crippen LogP contribution in [-0.4, -0.2) is 9.97 Å². The van der Waals surface area contributed by atoms with Gasteiger partial charge in [0.25, 0.3) is 0 Å². The van der Waals surface area contributed by atoms with Crippen LogP contribution in [0.4, 0.5) is 13.2 Å². The number of aromatic nitrogens is 2. The van der Waals surface area contributed by atoms with Crippen molar-refractivity contribution in [1.29, 1.82) is 0 Å². The van der Waals surface area contributed by atoms with Gasteiger partial charge in [0.15, 0.2) is 0 Å². The number of benzene rings is 1. The Kier molecular flexibility index (Phi) is 3.26. The van der Waals surface area contributed by atoms with E-state index in [2.05, 4.69) is 9.97 Å². The van der Waals surface area contributed by atoms with Crippen molar-refractivity contribution in [3.63, 3.8) is 0 Å². The SMILES string of the molecule is Cc1ccc(Cl)cc1-c1cc(C(F)(F)F)ncn1. The van der Waals surface area contributed by atoms with Crippen molar-refractivity contribution >= 4 is 11.6 Å². The highest BCUT2D eigenvalue weighted by atomic mass is 35.5. The van der Waals surface area contributed by atoms with E-state index in [0.717, 1.165) is 18.0 Å². The molecule has 0 saturated carbocycles. The van der Waals surface area contributed by atoms with E-state index in [1.54, 1.807) is 25.1 Å². The molecule has 0 aliphatic rings. The third-order valence-electron chi connectivity index (χ3n) is 2.43. The molecule has 0 aliphatic heterocycles. The van der Waals surface area contributed by atoms with Crippen LogP contribution in [0, 0.1) is 6.92 Å². The van der Waals surface area contributed by atoms with Crippen molar-refractivity contribution in [1.82, 2.24) is 9.97 Å². The molecule has 0 bridgehead atoms. The van der Waals surface area contributed by atoms with Crippen LogP contribution in [-0.2, 0) is 6.18 Å². The molecule has 2 nitrogen and oxygen atoms in total. The number of alkyl halides is 3. The van der Waals surface area contributed by atoms with E-state index in [0.29, 0.717) is 10.6 Å². The maximum atomic E-state index is 12.5. The van der Waals surface area contributed by atoms with Crippen LogP contribution in [0.25, 0.3) is 11.3 Å². The average Bonchev–Trinajstić information content (AvgIpc) is 2.31. The first-order valence-electron chi connectivity index (χ1n) is 5.03. The third-order valence-corrected chi connectivity index (χ3v) is 2.67. The minimum atomic E-state index is -4.48. The molecule has 2 rings (SSSR count). The van der Waals surface area contributed by atoms with E-state index < -0.39 is 11.9 Å². The van der Waals surface area contributed by atoms with Gasteiger partial charge in [0, 0.05) is 10.6 Å². The normalized spacial score (nSPS) is 11.6. The summed E-state index contributed by atoms with van der Waals surface area (Å²) in [6.45, 7) is 1.78. The molecule has 0 N–H and O–H groups in total. The summed E-state index contributed by atoms with van der Waals surface area (Å²) in [6.07, 6.45) is -3.58. The van der Waals surface area contributed by atoms with Crippen LogP contribution in [0.5, 0.6) is 0 Å². The molecule has 94 valence electrons. The number of aryl methyl sites for hydroxylation is 1.